The molecule has 0 aliphatic carbocycles. The van der Waals surface area contributed by atoms with Crippen LogP contribution in [-0.4, -0.2) is 43.3 Å². The minimum atomic E-state index is -0.319. The van der Waals surface area contributed by atoms with E-state index in [2.05, 4.69) is 4.85 Å². The summed E-state index contributed by atoms with van der Waals surface area (Å²) in [5.41, 5.74) is 0.970. The summed E-state index contributed by atoms with van der Waals surface area (Å²) < 4.78 is 10.8. The summed E-state index contributed by atoms with van der Waals surface area (Å²) in [5.74, 6) is 0. The Bertz CT molecular complexity index is 470. The lowest BCUT2D eigenvalue weighted by atomic mass is 10.2. The van der Waals surface area contributed by atoms with E-state index in [1.54, 1.807) is 4.90 Å². The molecule has 1 fully saturated rings. The molecule has 106 valence electrons. The zero-order valence-electron chi connectivity index (χ0n) is 11.3. The first-order valence-corrected chi connectivity index (χ1v) is 6.70. The SMILES string of the molecule is [C-]#[N+]C[C@@H]1CCN(C(=O)OCc2ccccc2)CCO1. The van der Waals surface area contributed by atoms with Crippen LogP contribution < -0.4 is 0 Å². The number of hydrogen-bond acceptors (Lipinski definition) is 3. The molecule has 1 aliphatic heterocycles. The van der Waals surface area contributed by atoms with E-state index in [-0.39, 0.29) is 18.8 Å². The molecule has 0 unspecified atom stereocenters. The van der Waals surface area contributed by atoms with E-state index in [0.29, 0.717) is 32.7 Å². The second kappa shape index (κ2) is 7.51. The van der Waals surface area contributed by atoms with Crippen LogP contribution in [0.15, 0.2) is 30.3 Å². The first-order chi connectivity index (χ1) is 9.79. The summed E-state index contributed by atoms with van der Waals surface area (Å²) in [5, 5.41) is 0. The van der Waals surface area contributed by atoms with Crippen molar-refractivity contribution in [3.63, 3.8) is 0 Å². The molecule has 0 bridgehead atoms. The fraction of sp³-hybridized carbons (Fsp3) is 0.467. The Morgan fingerprint density at radius 1 is 1.40 bits per heavy atom. The highest BCUT2D eigenvalue weighted by Gasteiger charge is 2.23. The van der Waals surface area contributed by atoms with Crippen LogP contribution in [0.5, 0.6) is 0 Å². The molecule has 1 amide bonds. The van der Waals surface area contributed by atoms with E-state index in [0.717, 1.165) is 5.56 Å². The Hall–Kier alpha value is -2.06. The molecule has 0 saturated carbocycles. The van der Waals surface area contributed by atoms with E-state index >= 15 is 0 Å². The van der Waals surface area contributed by atoms with Crippen LogP contribution in [-0.2, 0) is 16.1 Å². The van der Waals surface area contributed by atoms with Gasteiger partial charge in [-0.15, -0.1) is 0 Å². The van der Waals surface area contributed by atoms with Gasteiger partial charge in [-0.3, -0.25) is 0 Å². The zero-order chi connectivity index (χ0) is 14.2. The lowest BCUT2D eigenvalue weighted by molar-refractivity contribution is 0.0687. The molecule has 20 heavy (non-hydrogen) atoms. The zero-order valence-corrected chi connectivity index (χ0v) is 11.3. The number of amides is 1. The Morgan fingerprint density at radius 3 is 2.95 bits per heavy atom. The van der Waals surface area contributed by atoms with E-state index in [4.69, 9.17) is 16.0 Å². The minimum Gasteiger partial charge on any atom is -0.445 e. The maximum Gasteiger partial charge on any atom is 0.410 e. The molecule has 1 aromatic rings. The molecule has 0 spiro atoms. The first-order valence-electron chi connectivity index (χ1n) is 6.70. The predicted octanol–water partition coefficient (Wildman–Crippen LogP) is 2.33. The monoisotopic (exact) mass is 274 g/mol. The molecule has 1 aliphatic rings. The van der Waals surface area contributed by atoms with Gasteiger partial charge in [0.05, 0.1) is 6.61 Å². The third-order valence-electron chi connectivity index (χ3n) is 3.19. The van der Waals surface area contributed by atoms with Gasteiger partial charge in [-0.1, -0.05) is 30.3 Å². The number of hydrogen-bond donors (Lipinski definition) is 0. The fourth-order valence-corrected chi connectivity index (χ4v) is 2.06. The molecule has 1 atom stereocenters. The molecule has 0 N–H and O–H groups in total. The molecule has 1 heterocycles. The number of ether oxygens (including phenoxy) is 2. The summed E-state index contributed by atoms with van der Waals surface area (Å²) in [4.78, 5) is 17.0. The summed E-state index contributed by atoms with van der Waals surface area (Å²) >= 11 is 0. The highest BCUT2D eigenvalue weighted by Crippen LogP contribution is 2.10. The molecule has 0 aromatic heterocycles. The number of carbonyl (C=O) groups excluding carboxylic acids is 1. The molecule has 5 heteroatoms. The second-order valence-electron chi connectivity index (χ2n) is 4.65. The molecule has 5 nitrogen and oxygen atoms in total. The topological polar surface area (TPSA) is 43.1 Å². The van der Waals surface area contributed by atoms with Gasteiger partial charge in [0.25, 0.3) is 0 Å². The van der Waals surface area contributed by atoms with Crippen molar-refractivity contribution in [3.05, 3.63) is 47.3 Å². The minimum absolute atomic E-state index is 0.0700. The maximum atomic E-state index is 12.0. The number of rotatable bonds is 3. The Kier molecular flexibility index (Phi) is 5.39. The van der Waals surface area contributed by atoms with Crippen molar-refractivity contribution in [2.24, 2.45) is 0 Å². The van der Waals surface area contributed by atoms with Crippen LogP contribution in [0.2, 0.25) is 0 Å². The average Bonchev–Trinajstić information content (AvgIpc) is 2.72. The highest BCUT2D eigenvalue weighted by molar-refractivity contribution is 5.67. The summed E-state index contributed by atoms with van der Waals surface area (Å²) in [6, 6.07) is 9.60. The van der Waals surface area contributed by atoms with Crippen molar-refractivity contribution in [3.8, 4) is 0 Å². The Morgan fingerprint density at radius 2 is 2.20 bits per heavy atom. The molecule has 0 radical (unpaired) electrons. The van der Waals surface area contributed by atoms with Crippen LogP contribution in [0.4, 0.5) is 4.79 Å². The number of benzene rings is 1. The van der Waals surface area contributed by atoms with Crippen LogP contribution in [0, 0.1) is 6.57 Å². The average molecular weight is 274 g/mol. The summed E-state index contributed by atoms with van der Waals surface area (Å²) in [6.07, 6.45) is 0.295. The highest BCUT2D eigenvalue weighted by atomic mass is 16.6. The van der Waals surface area contributed by atoms with Gasteiger partial charge in [-0.25, -0.2) is 11.4 Å². The third-order valence-corrected chi connectivity index (χ3v) is 3.19. The molecule has 2 rings (SSSR count). The fourth-order valence-electron chi connectivity index (χ4n) is 2.06. The van der Waals surface area contributed by atoms with Crippen molar-refractivity contribution in [1.29, 1.82) is 0 Å². The normalized spacial score (nSPS) is 18.9. The van der Waals surface area contributed by atoms with Crippen molar-refractivity contribution in [1.82, 2.24) is 4.90 Å². The standard InChI is InChI=1S/C15H18N2O3/c1-16-11-14-7-8-17(9-10-19-14)15(18)20-12-13-5-3-2-4-6-13/h2-6,14H,7-12H2/t14-/m0/s1. The van der Waals surface area contributed by atoms with Crippen LogP contribution in [0.3, 0.4) is 0 Å². The van der Waals surface area contributed by atoms with Crippen LogP contribution in [0.1, 0.15) is 12.0 Å². The lowest BCUT2D eigenvalue weighted by Crippen LogP contribution is -2.33. The largest absolute Gasteiger partial charge is 0.445 e. The lowest BCUT2D eigenvalue weighted by Gasteiger charge is -2.19. The van der Waals surface area contributed by atoms with E-state index in [9.17, 15) is 4.79 Å². The van der Waals surface area contributed by atoms with Gasteiger partial charge in [0.2, 0.25) is 6.54 Å². The van der Waals surface area contributed by atoms with Crippen molar-refractivity contribution in [2.75, 3.05) is 26.2 Å². The summed E-state index contributed by atoms with van der Waals surface area (Å²) in [7, 11) is 0. The van der Waals surface area contributed by atoms with E-state index in [1.165, 1.54) is 0 Å². The Labute approximate surface area is 118 Å². The van der Waals surface area contributed by atoms with Crippen molar-refractivity contribution >= 4 is 6.09 Å². The van der Waals surface area contributed by atoms with Gasteiger partial charge in [0.15, 0.2) is 0 Å². The number of carbonyl (C=O) groups is 1. The Balaban J connectivity index is 1.79. The van der Waals surface area contributed by atoms with Gasteiger partial charge in [-0.05, 0) is 12.0 Å². The van der Waals surface area contributed by atoms with Gasteiger partial charge in [-0.2, -0.15) is 0 Å². The van der Waals surface area contributed by atoms with Crippen LogP contribution in [0.25, 0.3) is 4.85 Å². The molecule has 1 aromatic carbocycles. The summed E-state index contributed by atoms with van der Waals surface area (Å²) in [6.45, 7) is 9.03. The van der Waals surface area contributed by atoms with Crippen molar-refractivity contribution in [2.45, 2.75) is 19.1 Å². The number of nitrogens with zero attached hydrogens (tertiary/aromatic N) is 2. The second-order valence-corrected chi connectivity index (χ2v) is 4.65. The van der Waals surface area contributed by atoms with E-state index in [1.807, 2.05) is 30.3 Å². The predicted molar refractivity (Wildman–Crippen MR) is 74.0 cm³/mol. The smallest absolute Gasteiger partial charge is 0.410 e. The third kappa shape index (κ3) is 4.25. The quantitative estimate of drug-likeness (QED) is 0.795. The maximum absolute atomic E-state index is 12.0. The van der Waals surface area contributed by atoms with Gasteiger partial charge in [0.1, 0.15) is 12.7 Å². The van der Waals surface area contributed by atoms with Gasteiger partial charge >= 0.3 is 6.09 Å². The van der Waals surface area contributed by atoms with Crippen LogP contribution >= 0.6 is 0 Å². The van der Waals surface area contributed by atoms with Crippen molar-refractivity contribution < 1.29 is 14.3 Å². The van der Waals surface area contributed by atoms with Gasteiger partial charge < -0.3 is 19.2 Å². The molecular weight excluding hydrogens is 256 g/mol. The molecule has 1 saturated heterocycles. The molecular formula is C15H18N2O3. The van der Waals surface area contributed by atoms with E-state index < -0.39 is 0 Å². The first kappa shape index (κ1) is 14.4. The van der Waals surface area contributed by atoms with Gasteiger partial charge in [0, 0.05) is 13.1 Å².